The molecule has 0 spiro atoms. The molecular weight excluding hydrogens is 170 g/mol. The van der Waals surface area contributed by atoms with Crippen molar-refractivity contribution in [2.45, 2.75) is 34.1 Å². The molecule has 0 fully saturated rings. The van der Waals surface area contributed by atoms with Crippen LogP contribution in [0.1, 0.15) is 33.3 Å². The van der Waals surface area contributed by atoms with E-state index in [0.29, 0.717) is 5.41 Å². The van der Waals surface area contributed by atoms with E-state index in [9.17, 15) is 0 Å². The van der Waals surface area contributed by atoms with Gasteiger partial charge in [-0.05, 0) is 29.5 Å². The predicted molar refractivity (Wildman–Crippen MR) is 63.8 cm³/mol. The number of nitrogens with one attached hydrogen (secondary N) is 1. The third-order valence-electron chi connectivity index (χ3n) is 2.19. The molecule has 0 radical (unpaired) electrons. The van der Waals surface area contributed by atoms with Gasteiger partial charge in [-0.1, -0.05) is 39.8 Å². The van der Waals surface area contributed by atoms with Gasteiger partial charge in [-0.2, -0.15) is 0 Å². The van der Waals surface area contributed by atoms with Gasteiger partial charge in [-0.3, -0.25) is 0 Å². The minimum atomic E-state index is 0.337. The Morgan fingerprint density at radius 2 is 1.64 bits per heavy atom. The summed E-state index contributed by atoms with van der Waals surface area (Å²) >= 11 is 0. The molecule has 1 nitrogen and oxygen atoms in total. The first-order chi connectivity index (χ1) is 6.51. The molecule has 0 unspecified atom stereocenters. The SMILES string of the molecule is CCc1ccc(NCC(C)(C)C)cc1. The fourth-order valence-electron chi connectivity index (χ4n) is 1.23. The average molecular weight is 191 g/mol. The van der Waals surface area contributed by atoms with Crippen molar-refractivity contribution >= 4 is 5.69 Å². The molecule has 78 valence electrons. The van der Waals surface area contributed by atoms with Crippen molar-refractivity contribution in [2.24, 2.45) is 5.41 Å². The smallest absolute Gasteiger partial charge is 0.0340 e. The lowest BCUT2D eigenvalue weighted by molar-refractivity contribution is 0.443. The number of aryl methyl sites for hydroxylation is 1. The van der Waals surface area contributed by atoms with Crippen LogP contribution in [0.15, 0.2) is 24.3 Å². The Bertz CT molecular complexity index is 266. The highest BCUT2D eigenvalue weighted by Crippen LogP contribution is 2.16. The van der Waals surface area contributed by atoms with E-state index < -0.39 is 0 Å². The molecule has 0 atom stereocenters. The predicted octanol–water partition coefficient (Wildman–Crippen LogP) is 3.71. The molecule has 0 saturated carbocycles. The van der Waals surface area contributed by atoms with Crippen molar-refractivity contribution in [3.8, 4) is 0 Å². The van der Waals surface area contributed by atoms with Crippen LogP contribution >= 0.6 is 0 Å². The third-order valence-corrected chi connectivity index (χ3v) is 2.19. The minimum absolute atomic E-state index is 0.337. The summed E-state index contributed by atoms with van der Waals surface area (Å²) in [6.07, 6.45) is 1.11. The zero-order valence-corrected chi connectivity index (χ0v) is 9.72. The van der Waals surface area contributed by atoms with E-state index in [1.54, 1.807) is 0 Å². The fourth-order valence-corrected chi connectivity index (χ4v) is 1.23. The van der Waals surface area contributed by atoms with Crippen molar-refractivity contribution in [1.82, 2.24) is 0 Å². The van der Waals surface area contributed by atoms with Crippen LogP contribution in [0.4, 0.5) is 5.69 Å². The Morgan fingerprint density at radius 1 is 1.07 bits per heavy atom. The van der Waals surface area contributed by atoms with Crippen LogP contribution in [0.2, 0.25) is 0 Å². The lowest BCUT2D eigenvalue weighted by atomic mass is 9.97. The second kappa shape index (κ2) is 4.50. The summed E-state index contributed by atoms with van der Waals surface area (Å²) < 4.78 is 0. The first kappa shape index (κ1) is 11.1. The van der Waals surface area contributed by atoms with E-state index in [4.69, 9.17) is 0 Å². The van der Waals surface area contributed by atoms with E-state index >= 15 is 0 Å². The number of benzene rings is 1. The van der Waals surface area contributed by atoms with Crippen molar-refractivity contribution in [2.75, 3.05) is 11.9 Å². The van der Waals surface area contributed by atoms with Gasteiger partial charge >= 0.3 is 0 Å². The summed E-state index contributed by atoms with van der Waals surface area (Å²) in [7, 11) is 0. The van der Waals surface area contributed by atoms with Crippen LogP contribution in [0.5, 0.6) is 0 Å². The summed E-state index contributed by atoms with van der Waals surface area (Å²) in [5.41, 5.74) is 2.95. The molecule has 0 heterocycles. The van der Waals surface area contributed by atoms with E-state index in [1.165, 1.54) is 11.3 Å². The van der Waals surface area contributed by atoms with E-state index in [1.807, 2.05) is 0 Å². The van der Waals surface area contributed by atoms with Crippen molar-refractivity contribution in [3.63, 3.8) is 0 Å². The molecule has 0 aliphatic carbocycles. The molecule has 1 aromatic rings. The van der Waals surface area contributed by atoms with E-state index in [0.717, 1.165) is 13.0 Å². The molecule has 0 aliphatic rings. The maximum Gasteiger partial charge on any atom is 0.0340 e. The second-order valence-corrected chi connectivity index (χ2v) is 4.96. The molecular formula is C13H21N. The van der Waals surface area contributed by atoms with Crippen LogP contribution < -0.4 is 5.32 Å². The summed E-state index contributed by atoms with van der Waals surface area (Å²) in [5.74, 6) is 0. The van der Waals surface area contributed by atoms with Crippen LogP contribution in [0.3, 0.4) is 0 Å². The number of hydrogen-bond donors (Lipinski definition) is 1. The zero-order chi connectivity index (χ0) is 10.6. The Labute approximate surface area is 87.5 Å². The third kappa shape index (κ3) is 3.82. The molecule has 0 aromatic heterocycles. The normalized spacial score (nSPS) is 11.4. The number of anilines is 1. The summed E-state index contributed by atoms with van der Waals surface area (Å²) in [6, 6.07) is 8.69. The lowest BCUT2D eigenvalue weighted by Crippen LogP contribution is -2.18. The van der Waals surface area contributed by atoms with Crippen molar-refractivity contribution < 1.29 is 0 Å². The van der Waals surface area contributed by atoms with Gasteiger partial charge in [-0.25, -0.2) is 0 Å². The Kier molecular flexibility index (Phi) is 3.56. The largest absolute Gasteiger partial charge is 0.385 e. The molecule has 0 aliphatic heterocycles. The highest BCUT2D eigenvalue weighted by Gasteiger charge is 2.08. The maximum atomic E-state index is 3.44. The number of rotatable bonds is 3. The minimum Gasteiger partial charge on any atom is -0.385 e. The molecule has 1 heteroatoms. The lowest BCUT2D eigenvalue weighted by Gasteiger charge is -2.19. The molecule has 1 rings (SSSR count). The topological polar surface area (TPSA) is 12.0 Å². The van der Waals surface area contributed by atoms with E-state index in [-0.39, 0.29) is 0 Å². The molecule has 1 aromatic carbocycles. The Hall–Kier alpha value is -0.980. The standard InChI is InChI=1S/C13H21N/c1-5-11-6-8-12(9-7-11)14-10-13(2,3)4/h6-9,14H,5,10H2,1-4H3. The average Bonchev–Trinajstić information content (AvgIpc) is 2.14. The van der Waals surface area contributed by atoms with Gasteiger partial charge in [0, 0.05) is 12.2 Å². The molecule has 0 saturated heterocycles. The number of hydrogen-bond acceptors (Lipinski definition) is 1. The van der Waals surface area contributed by atoms with Gasteiger partial charge in [-0.15, -0.1) is 0 Å². The van der Waals surface area contributed by atoms with Gasteiger partial charge in [0.05, 0.1) is 0 Å². The molecule has 0 amide bonds. The summed E-state index contributed by atoms with van der Waals surface area (Å²) in [6.45, 7) is 9.90. The highest BCUT2D eigenvalue weighted by atomic mass is 14.9. The Balaban J connectivity index is 2.52. The van der Waals surface area contributed by atoms with Crippen LogP contribution in [0, 0.1) is 5.41 Å². The quantitative estimate of drug-likeness (QED) is 0.768. The van der Waals surface area contributed by atoms with E-state index in [2.05, 4.69) is 57.3 Å². The van der Waals surface area contributed by atoms with Crippen molar-refractivity contribution in [3.05, 3.63) is 29.8 Å². The second-order valence-electron chi connectivity index (χ2n) is 4.96. The Morgan fingerprint density at radius 3 is 2.07 bits per heavy atom. The fraction of sp³-hybridized carbons (Fsp3) is 0.538. The van der Waals surface area contributed by atoms with Gasteiger partial charge in [0.2, 0.25) is 0 Å². The monoisotopic (exact) mass is 191 g/mol. The first-order valence-corrected chi connectivity index (χ1v) is 5.34. The van der Waals surface area contributed by atoms with Gasteiger partial charge in [0.1, 0.15) is 0 Å². The van der Waals surface area contributed by atoms with Crippen LogP contribution in [0.25, 0.3) is 0 Å². The molecule has 1 N–H and O–H groups in total. The van der Waals surface area contributed by atoms with Gasteiger partial charge in [0.15, 0.2) is 0 Å². The highest BCUT2D eigenvalue weighted by molar-refractivity contribution is 5.44. The zero-order valence-electron chi connectivity index (χ0n) is 9.72. The van der Waals surface area contributed by atoms with Crippen LogP contribution in [-0.4, -0.2) is 6.54 Å². The summed E-state index contributed by atoms with van der Waals surface area (Å²) in [5, 5.41) is 3.44. The summed E-state index contributed by atoms with van der Waals surface area (Å²) in [4.78, 5) is 0. The molecule has 14 heavy (non-hydrogen) atoms. The van der Waals surface area contributed by atoms with Crippen LogP contribution in [-0.2, 0) is 6.42 Å². The van der Waals surface area contributed by atoms with Crippen molar-refractivity contribution in [1.29, 1.82) is 0 Å². The molecule has 0 bridgehead atoms. The first-order valence-electron chi connectivity index (χ1n) is 5.34. The maximum absolute atomic E-state index is 3.44. The van der Waals surface area contributed by atoms with Gasteiger partial charge in [0.25, 0.3) is 0 Å². The van der Waals surface area contributed by atoms with Gasteiger partial charge < -0.3 is 5.32 Å².